The first-order valence-corrected chi connectivity index (χ1v) is 11.8. The molecule has 2 N–H and O–H groups in total. The molecule has 0 aliphatic carbocycles. The third kappa shape index (κ3) is 6.70. The minimum Gasteiger partial charge on any atom is -0.356 e. The summed E-state index contributed by atoms with van der Waals surface area (Å²) in [5, 5.41) is 14.8. The lowest BCUT2D eigenvalue weighted by molar-refractivity contribution is -0.121. The van der Waals surface area contributed by atoms with Gasteiger partial charge in [-0.1, -0.05) is 35.5 Å². The molecule has 1 fully saturated rings. The zero-order valence-corrected chi connectivity index (χ0v) is 21.0. The molecular formula is C25H33ClN6O3. The van der Waals surface area contributed by atoms with Gasteiger partial charge in [-0.3, -0.25) is 14.3 Å². The Balaban J connectivity index is 0.00000342. The summed E-state index contributed by atoms with van der Waals surface area (Å²) in [5.41, 5.74) is 3.15. The van der Waals surface area contributed by atoms with Gasteiger partial charge in [-0.2, -0.15) is 5.10 Å². The van der Waals surface area contributed by atoms with E-state index in [9.17, 15) is 9.59 Å². The van der Waals surface area contributed by atoms with Gasteiger partial charge < -0.3 is 20.1 Å². The van der Waals surface area contributed by atoms with Crippen molar-refractivity contribution in [2.24, 2.45) is 7.05 Å². The molecule has 188 valence electrons. The number of carbonyl (C=O) groups excluding carboxylic acids is 2. The monoisotopic (exact) mass is 500 g/mol. The summed E-state index contributed by atoms with van der Waals surface area (Å²) in [7, 11) is 1.86. The first-order valence-electron chi connectivity index (χ1n) is 11.8. The normalized spacial score (nSPS) is 17.9. The van der Waals surface area contributed by atoms with Crippen molar-refractivity contribution in [1.29, 1.82) is 0 Å². The van der Waals surface area contributed by atoms with Gasteiger partial charge in [0.25, 0.3) is 5.91 Å². The molecule has 4 rings (SSSR count). The molecule has 9 nitrogen and oxygen atoms in total. The highest BCUT2D eigenvalue weighted by atomic mass is 35.5. The quantitative estimate of drug-likeness (QED) is 0.572. The van der Waals surface area contributed by atoms with Gasteiger partial charge in [0.15, 0.2) is 11.5 Å². The second-order valence-electron chi connectivity index (χ2n) is 8.67. The number of benzene rings is 1. The van der Waals surface area contributed by atoms with Gasteiger partial charge in [0.1, 0.15) is 0 Å². The molecule has 0 bridgehead atoms. The molecule has 1 aliphatic rings. The third-order valence-corrected chi connectivity index (χ3v) is 6.28. The number of hydrogen-bond donors (Lipinski definition) is 2. The maximum absolute atomic E-state index is 13.2. The van der Waals surface area contributed by atoms with Crippen LogP contribution in [0.1, 0.15) is 53.5 Å². The molecule has 1 aliphatic heterocycles. The first-order chi connectivity index (χ1) is 16.5. The van der Waals surface area contributed by atoms with Crippen molar-refractivity contribution in [3.05, 3.63) is 59.5 Å². The summed E-state index contributed by atoms with van der Waals surface area (Å²) in [6.07, 6.45) is 4.53. The molecule has 10 heteroatoms. The van der Waals surface area contributed by atoms with E-state index in [2.05, 4.69) is 20.9 Å². The number of carbonyl (C=O) groups is 2. The van der Waals surface area contributed by atoms with E-state index in [4.69, 9.17) is 4.52 Å². The van der Waals surface area contributed by atoms with Crippen molar-refractivity contribution < 1.29 is 14.1 Å². The van der Waals surface area contributed by atoms with E-state index in [0.29, 0.717) is 38.2 Å². The highest BCUT2D eigenvalue weighted by molar-refractivity contribution is 5.93. The van der Waals surface area contributed by atoms with Crippen molar-refractivity contribution in [1.82, 2.24) is 30.5 Å². The Hall–Kier alpha value is -3.17. The smallest absolute Gasteiger partial charge is 0.276 e. The number of amides is 2. The standard InChI is InChI=1S/C25H32N6O3.ClH/c1-18-20(17-28-30(18)2)23-15-22(29-34-23)25(33)31-13-7-6-11-26-21(19-9-4-3-5-10-19)16-24(32)27-12-8-14-31;/h3-5,9-10,15,17,21,26H,6-8,11-14,16H2,1-2H3,(H,27,32);1H. The summed E-state index contributed by atoms with van der Waals surface area (Å²) in [5.74, 6) is 0.377. The van der Waals surface area contributed by atoms with E-state index >= 15 is 0 Å². The Kier molecular flexibility index (Phi) is 9.45. The highest BCUT2D eigenvalue weighted by Crippen LogP contribution is 2.24. The number of halogens is 1. The molecule has 1 aromatic carbocycles. The van der Waals surface area contributed by atoms with Gasteiger partial charge in [-0.25, -0.2) is 0 Å². The Morgan fingerprint density at radius 1 is 1.11 bits per heavy atom. The van der Waals surface area contributed by atoms with Crippen LogP contribution in [-0.4, -0.2) is 57.8 Å². The average molecular weight is 501 g/mol. The van der Waals surface area contributed by atoms with E-state index in [-0.39, 0.29) is 36.0 Å². The summed E-state index contributed by atoms with van der Waals surface area (Å²) in [4.78, 5) is 27.5. The highest BCUT2D eigenvalue weighted by Gasteiger charge is 2.22. The van der Waals surface area contributed by atoms with E-state index in [1.54, 1.807) is 21.8 Å². The zero-order valence-electron chi connectivity index (χ0n) is 20.2. The lowest BCUT2D eigenvalue weighted by atomic mass is 10.0. The maximum Gasteiger partial charge on any atom is 0.276 e. The fourth-order valence-electron chi connectivity index (χ4n) is 4.17. The van der Waals surface area contributed by atoms with Crippen LogP contribution in [0.2, 0.25) is 0 Å². The second kappa shape index (κ2) is 12.5. The van der Waals surface area contributed by atoms with Crippen LogP contribution in [-0.2, 0) is 11.8 Å². The van der Waals surface area contributed by atoms with E-state index in [0.717, 1.165) is 36.2 Å². The predicted octanol–water partition coefficient (Wildman–Crippen LogP) is 3.27. The predicted molar refractivity (Wildman–Crippen MR) is 135 cm³/mol. The van der Waals surface area contributed by atoms with Gasteiger partial charge in [-0.15, -0.1) is 12.4 Å². The molecule has 0 radical (unpaired) electrons. The van der Waals surface area contributed by atoms with Gasteiger partial charge in [-0.05, 0) is 38.3 Å². The molecule has 1 unspecified atom stereocenters. The van der Waals surface area contributed by atoms with Crippen molar-refractivity contribution in [3.8, 4) is 11.3 Å². The molecule has 0 spiro atoms. The first kappa shape index (κ1) is 26.4. The number of aryl methyl sites for hydroxylation is 1. The van der Waals surface area contributed by atoms with E-state index < -0.39 is 0 Å². The average Bonchev–Trinajstić information content (AvgIpc) is 3.46. The fourth-order valence-corrected chi connectivity index (χ4v) is 4.17. The SMILES string of the molecule is Cc1c(-c2cc(C(=O)N3CCCCNC(c4ccccc4)CC(=O)NCCC3)no2)cnn1C.Cl. The molecule has 0 saturated carbocycles. The molecule has 2 amide bonds. The van der Waals surface area contributed by atoms with Crippen molar-refractivity contribution in [2.75, 3.05) is 26.2 Å². The van der Waals surface area contributed by atoms with Crippen LogP contribution in [0.3, 0.4) is 0 Å². The van der Waals surface area contributed by atoms with Gasteiger partial charge in [0.05, 0.1) is 11.8 Å². The number of aromatic nitrogens is 3. The molecule has 35 heavy (non-hydrogen) atoms. The van der Waals surface area contributed by atoms with Crippen LogP contribution in [0, 0.1) is 6.92 Å². The van der Waals surface area contributed by atoms with E-state index in [1.807, 2.05) is 44.3 Å². The molecule has 1 atom stereocenters. The minimum absolute atomic E-state index is 0. The van der Waals surface area contributed by atoms with Gasteiger partial charge >= 0.3 is 0 Å². The van der Waals surface area contributed by atoms with Crippen LogP contribution in [0.25, 0.3) is 11.3 Å². The van der Waals surface area contributed by atoms with Crippen molar-refractivity contribution in [2.45, 2.75) is 38.6 Å². The van der Waals surface area contributed by atoms with Crippen LogP contribution in [0.5, 0.6) is 0 Å². The van der Waals surface area contributed by atoms with Crippen molar-refractivity contribution >= 4 is 24.2 Å². The lowest BCUT2D eigenvalue weighted by Gasteiger charge is -2.21. The number of hydrogen-bond acceptors (Lipinski definition) is 6. The molecular weight excluding hydrogens is 468 g/mol. The Labute approximate surface area is 211 Å². The fraction of sp³-hybridized carbons (Fsp3) is 0.440. The molecule has 2 aromatic heterocycles. The number of rotatable bonds is 3. The van der Waals surface area contributed by atoms with Crippen LogP contribution in [0.4, 0.5) is 0 Å². The molecule has 3 heterocycles. The number of nitrogens with one attached hydrogen (secondary N) is 2. The largest absolute Gasteiger partial charge is 0.356 e. The maximum atomic E-state index is 13.2. The van der Waals surface area contributed by atoms with E-state index in [1.165, 1.54) is 0 Å². The van der Waals surface area contributed by atoms with Crippen LogP contribution in [0.15, 0.2) is 47.1 Å². The summed E-state index contributed by atoms with van der Waals surface area (Å²) < 4.78 is 7.21. The summed E-state index contributed by atoms with van der Waals surface area (Å²) in [6, 6.07) is 11.7. The van der Waals surface area contributed by atoms with Crippen molar-refractivity contribution in [3.63, 3.8) is 0 Å². The summed E-state index contributed by atoms with van der Waals surface area (Å²) in [6.45, 7) is 4.39. The number of nitrogens with zero attached hydrogens (tertiary/aromatic N) is 4. The molecule has 1 saturated heterocycles. The molecule has 3 aromatic rings. The van der Waals surface area contributed by atoms with Gasteiger partial charge in [0, 0.05) is 50.9 Å². The Morgan fingerprint density at radius 3 is 2.63 bits per heavy atom. The summed E-state index contributed by atoms with van der Waals surface area (Å²) >= 11 is 0. The zero-order chi connectivity index (χ0) is 23.9. The lowest BCUT2D eigenvalue weighted by Crippen LogP contribution is -2.35. The van der Waals surface area contributed by atoms with Crippen LogP contribution < -0.4 is 10.6 Å². The van der Waals surface area contributed by atoms with Crippen LogP contribution >= 0.6 is 12.4 Å². The second-order valence-corrected chi connectivity index (χ2v) is 8.67. The topological polar surface area (TPSA) is 105 Å². The third-order valence-electron chi connectivity index (χ3n) is 6.28. The minimum atomic E-state index is -0.159. The Bertz CT molecular complexity index is 1110. The van der Waals surface area contributed by atoms with Gasteiger partial charge in [0.2, 0.25) is 5.91 Å². The Morgan fingerprint density at radius 2 is 1.89 bits per heavy atom.